The van der Waals surface area contributed by atoms with Crippen LogP contribution in [0.15, 0.2) is 57.2 Å². The predicted molar refractivity (Wildman–Crippen MR) is 99.4 cm³/mol. The standard InChI is InChI=1S/C16H16ClNO4S3/c1-24(19,20)12-3-5-13(6-4-12)25(21,22)18-15-8-9-23-16-7-2-11(17)10-14(15)16/h2-7,10,15,18H,8-9H2,1H3. The maximum atomic E-state index is 12.7. The molecule has 0 spiro atoms. The van der Waals surface area contributed by atoms with Crippen LogP contribution < -0.4 is 4.72 Å². The lowest BCUT2D eigenvalue weighted by Gasteiger charge is -2.26. The average Bonchev–Trinajstić information content (AvgIpc) is 2.54. The third-order valence-corrected chi connectivity index (χ3v) is 7.84. The molecule has 5 nitrogen and oxygen atoms in total. The van der Waals surface area contributed by atoms with Crippen molar-refractivity contribution >= 4 is 43.2 Å². The van der Waals surface area contributed by atoms with Crippen molar-refractivity contribution in [3.63, 3.8) is 0 Å². The second-order valence-electron chi connectivity index (χ2n) is 5.74. The molecule has 1 atom stereocenters. The fraction of sp³-hybridized carbons (Fsp3) is 0.250. The summed E-state index contributed by atoms with van der Waals surface area (Å²) in [6, 6.07) is 10.3. The largest absolute Gasteiger partial charge is 0.241 e. The second-order valence-corrected chi connectivity index (χ2v) is 11.0. The number of thioether (sulfide) groups is 1. The van der Waals surface area contributed by atoms with E-state index >= 15 is 0 Å². The van der Waals surface area contributed by atoms with Crippen molar-refractivity contribution in [2.45, 2.75) is 27.1 Å². The Morgan fingerprint density at radius 3 is 2.32 bits per heavy atom. The molecule has 9 heteroatoms. The van der Waals surface area contributed by atoms with E-state index < -0.39 is 19.9 Å². The van der Waals surface area contributed by atoms with Crippen LogP contribution in [-0.2, 0) is 19.9 Å². The first kappa shape index (κ1) is 18.7. The first-order chi connectivity index (χ1) is 11.7. The van der Waals surface area contributed by atoms with E-state index in [9.17, 15) is 16.8 Å². The van der Waals surface area contributed by atoms with Gasteiger partial charge in [-0.3, -0.25) is 0 Å². The predicted octanol–water partition coefficient (Wildman–Crippen LogP) is 3.26. The van der Waals surface area contributed by atoms with Gasteiger partial charge in [0.1, 0.15) is 0 Å². The normalized spacial score (nSPS) is 17.9. The molecule has 134 valence electrons. The van der Waals surface area contributed by atoms with Crippen LogP contribution >= 0.6 is 23.4 Å². The van der Waals surface area contributed by atoms with Crippen LogP contribution in [-0.4, -0.2) is 28.8 Å². The molecule has 0 radical (unpaired) electrons. The van der Waals surface area contributed by atoms with E-state index in [-0.39, 0.29) is 15.8 Å². The molecule has 2 aromatic carbocycles. The molecule has 1 heterocycles. The molecule has 1 N–H and O–H groups in total. The summed E-state index contributed by atoms with van der Waals surface area (Å²) in [6.45, 7) is 0. The zero-order valence-corrected chi connectivity index (χ0v) is 16.5. The fourth-order valence-electron chi connectivity index (χ4n) is 2.61. The minimum Gasteiger partial charge on any atom is -0.224 e. The van der Waals surface area contributed by atoms with Crippen LogP contribution in [0, 0.1) is 0 Å². The Morgan fingerprint density at radius 1 is 1.04 bits per heavy atom. The van der Waals surface area contributed by atoms with Gasteiger partial charge in [-0.15, -0.1) is 11.8 Å². The molecule has 2 aromatic rings. The summed E-state index contributed by atoms with van der Waals surface area (Å²) in [5.74, 6) is 0.800. The lowest BCUT2D eigenvalue weighted by molar-refractivity contribution is 0.545. The molecule has 0 fully saturated rings. The number of hydrogen-bond acceptors (Lipinski definition) is 5. The van der Waals surface area contributed by atoms with Gasteiger partial charge in [-0.1, -0.05) is 11.6 Å². The summed E-state index contributed by atoms with van der Waals surface area (Å²) in [4.78, 5) is 1.12. The number of rotatable bonds is 4. The summed E-state index contributed by atoms with van der Waals surface area (Å²) >= 11 is 7.71. The molecular formula is C16H16ClNO4S3. The number of fused-ring (bicyclic) bond motifs is 1. The molecule has 1 unspecified atom stereocenters. The first-order valence-corrected chi connectivity index (χ1v) is 12.2. The van der Waals surface area contributed by atoms with Crippen molar-refractivity contribution in [2.75, 3.05) is 12.0 Å². The summed E-state index contributed by atoms with van der Waals surface area (Å²) in [6.07, 6.45) is 1.73. The average molecular weight is 418 g/mol. The van der Waals surface area contributed by atoms with Gasteiger partial charge in [0.25, 0.3) is 0 Å². The van der Waals surface area contributed by atoms with E-state index in [1.54, 1.807) is 23.9 Å². The highest BCUT2D eigenvalue weighted by atomic mass is 35.5. The third kappa shape index (κ3) is 4.20. The quantitative estimate of drug-likeness (QED) is 0.825. The van der Waals surface area contributed by atoms with Crippen molar-refractivity contribution < 1.29 is 16.8 Å². The number of halogens is 1. The highest BCUT2D eigenvalue weighted by Gasteiger charge is 2.26. The van der Waals surface area contributed by atoms with Gasteiger partial charge in [0, 0.05) is 22.2 Å². The molecule has 0 saturated carbocycles. The Labute approximate surface area is 156 Å². The van der Waals surface area contributed by atoms with Gasteiger partial charge in [-0.05, 0) is 60.2 Å². The molecule has 1 aliphatic rings. The molecule has 0 amide bonds. The first-order valence-electron chi connectivity index (χ1n) is 7.41. The van der Waals surface area contributed by atoms with E-state index in [2.05, 4.69) is 4.72 Å². The number of hydrogen-bond donors (Lipinski definition) is 1. The lowest BCUT2D eigenvalue weighted by atomic mass is 10.1. The van der Waals surface area contributed by atoms with E-state index in [1.165, 1.54) is 24.3 Å². The van der Waals surface area contributed by atoms with Crippen LogP contribution in [0.25, 0.3) is 0 Å². The van der Waals surface area contributed by atoms with Crippen molar-refractivity contribution in [1.29, 1.82) is 0 Å². The third-order valence-electron chi connectivity index (χ3n) is 3.87. The van der Waals surface area contributed by atoms with Gasteiger partial charge in [0.2, 0.25) is 10.0 Å². The molecule has 0 saturated heterocycles. The zero-order valence-electron chi connectivity index (χ0n) is 13.3. The van der Waals surface area contributed by atoms with Crippen LogP contribution in [0.5, 0.6) is 0 Å². The fourth-order valence-corrected chi connectivity index (χ4v) is 5.78. The van der Waals surface area contributed by atoms with Gasteiger partial charge >= 0.3 is 0 Å². The highest BCUT2D eigenvalue weighted by molar-refractivity contribution is 7.99. The maximum Gasteiger partial charge on any atom is 0.241 e. The number of sulfone groups is 1. The van der Waals surface area contributed by atoms with E-state index in [4.69, 9.17) is 11.6 Å². The molecular weight excluding hydrogens is 402 g/mol. The van der Waals surface area contributed by atoms with E-state index in [1.807, 2.05) is 6.07 Å². The number of benzene rings is 2. The van der Waals surface area contributed by atoms with Crippen LogP contribution in [0.3, 0.4) is 0 Å². The Hall–Kier alpha value is -1.06. The summed E-state index contributed by atoms with van der Waals surface area (Å²) < 4.78 is 51.0. The van der Waals surface area contributed by atoms with E-state index in [0.29, 0.717) is 11.4 Å². The molecule has 25 heavy (non-hydrogen) atoms. The SMILES string of the molecule is CS(=O)(=O)c1ccc(S(=O)(=O)NC2CCSc3ccc(Cl)cc32)cc1. The molecule has 0 aromatic heterocycles. The molecule has 0 aliphatic carbocycles. The van der Waals surface area contributed by atoms with E-state index in [0.717, 1.165) is 22.5 Å². The topological polar surface area (TPSA) is 80.3 Å². The second kappa shape index (κ2) is 6.92. The number of sulfonamides is 1. The van der Waals surface area contributed by atoms with Crippen LogP contribution in [0.4, 0.5) is 0 Å². The maximum absolute atomic E-state index is 12.7. The summed E-state index contributed by atoms with van der Waals surface area (Å²) in [7, 11) is -7.14. The molecule has 1 aliphatic heterocycles. The van der Waals surface area contributed by atoms with Gasteiger partial charge < -0.3 is 0 Å². The van der Waals surface area contributed by atoms with Crippen LogP contribution in [0.2, 0.25) is 5.02 Å². The smallest absolute Gasteiger partial charge is 0.224 e. The molecule has 3 rings (SSSR count). The van der Waals surface area contributed by atoms with Gasteiger partial charge in [-0.2, -0.15) is 0 Å². The van der Waals surface area contributed by atoms with Crippen molar-refractivity contribution in [2.24, 2.45) is 0 Å². The zero-order chi connectivity index (χ0) is 18.2. The lowest BCUT2D eigenvalue weighted by Crippen LogP contribution is -2.30. The van der Waals surface area contributed by atoms with Gasteiger partial charge in [0.15, 0.2) is 9.84 Å². The summed E-state index contributed by atoms with van der Waals surface area (Å²) in [5, 5.41) is 0.558. The highest BCUT2D eigenvalue weighted by Crippen LogP contribution is 2.38. The summed E-state index contributed by atoms with van der Waals surface area (Å²) in [5.41, 5.74) is 0.861. The van der Waals surface area contributed by atoms with Gasteiger partial charge in [0.05, 0.1) is 9.79 Å². The Morgan fingerprint density at radius 2 is 1.68 bits per heavy atom. The monoisotopic (exact) mass is 417 g/mol. The Balaban J connectivity index is 1.89. The van der Waals surface area contributed by atoms with Crippen molar-refractivity contribution in [3.8, 4) is 0 Å². The molecule has 0 bridgehead atoms. The van der Waals surface area contributed by atoms with Crippen molar-refractivity contribution in [1.82, 2.24) is 4.72 Å². The van der Waals surface area contributed by atoms with Crippen molar-refractivity contribution in [3.05, 3.63) is 53.1 Å². The van der Waals surface area contributed by atoms with Gasteiger partial charge in [-0.25, -0.2) is 21.6 Å². The Kier molecular flexibility index (Phi) is 5.18. The number of nitrogens with one attached hydrogen (secondary N) is 1. The minimum atomic E-state index is -3.77. The van der Waals surface area contributed by atoms with Crippen LogP contribution in [0.1, 0.15) is 18.0 Å². The Bertz CT molecular complexity index is 1000. The minimum absolute atomic E-state index is 0.0294.